The van der Waals surface area contributed by atoms with Gasteiger partial charge in [0.05, 0.1) is 12.7 Å². The van der Waals surface area contributed by atoms with Crippen LogP contribution in [0.5, 0.6) is 0 Å². The molecule has 4 heteroatoms. The lowest BCUT2D eigenvalue weighted by Crippen LogP contribution is -2.05. The van der Waals surface area contributed by atoms with Gasteiger partial charge in [0.1, 0.15) is 12.4 Å². The van der Waals surface area contributed by atoms with Gasteiger partial charge in [0.2, 0.25) is 0 Å². The molecule has 0 aromatic carbocycles. The number of aryl methyl sites for hydroxylation is 2. The number of aldehydes is 1. The first-order valence-corrected chi connectivity index (χ1v) is 3.33. The first kappa shape index (κ1) is 7.91. The topological polar surface area (TPSA) is 34.9 Å². The van der Waals surface area contributed by atoms with Crippen LogP contribution < -0.4 is 0 Å². The SMILES string of the molecule is Cc1cnn(CCF)c1C=O. The molecule has 1 rings (SSSR count). The Morgan fingerprint density at radius 1 is 1.82 bits per heavy atom. The number of rotatable bonds is 3. The number of alkyl halides is 1. The molecule has 3 nitrogen and oxygen atoms in total. The Morgan fingerprint density at radius 3 is 3.09 bits per heavy atom. The molecule has 0 aliphatic rings. The van der Waals surface area contributed by atoms with Gasteiger partial charge >= 0.3 is 0 Å². The van der Waals surface area contributed by atoms with E-state index in [2.05, 4.69) is 5.10 Å². The quantitative estimate of drug-likeness (QED) is 0.611. The van der Waals surface area contributed by atoms with Crippen LogP contribution in [0, 0.1) is 6.92 Å². The molecule has 0 spiro atoms. The summed E-state index contributed by atoms with van der Waals surface area (Å²) in [6.07, 6.45) is 2.25. The van der Waals surface area contributed by atoms with E-state index in [-0.39, 0.29) is 6.54 Å². The predicted molar refractivity (Wildman–Crippen MR) is 38.3 cm³/mol. The van der Waals surface area contributed by atoms with E-state index in [0.717, 1.165) is 5.56 Å². The van der Waals surface area contributed by atoms with Crippen LogP contribution in [0.15, 0.2) is 6.20 Å². The van der Waals surface area contributed by atoms with Gasteiger partial charge in [0.15, 0.2) is 6.29 Å². The molecule has 0 aliphatic carbocycles. The Labute approximate surface area is 63.8 Å². The van der Waals surface area contributed by atoms with Crippen molar-refractivity contribution in [3.05, 3.63) is 17.5 Å². The summed E-state index contributed by atoms with van der Waals surface area (Å²) in [5.74, 6) is 0. The summed E-state index contributed by atoms with van der Waals surface area (Å²) in [5, 5.41) is 3.82. The van der Waals surface area contributed by atoms with Gasteiger partial charge in [-0.2, -0.15) is 5.10 Å². The number of carbonyl (C=O) groups excluding carboxylic acids is 1. The van der Waals surface area contributed by atoms with Gasteiger partial charge in [-0.25, -0.2) is 4.39 Å². The first-order valence-electron chi connectivity index (χ1n) is 3.33. The van der Waals surface area contributed by atoms with E-state index < -0.39 is 6.67 Å². The molecule has 0 amide bonds. The number of halogens is 1. The molecular formula is C7H9FN2O. The summed E-state index contributed by atoms with van der Waals surface area (Å²) in [7, 11) is 0. The van der Waals surface area contributed by atoms with Crippen molar-refractivity contribution in [3.63, 3.8) is 0 Å². The molecule has 0 bridgehead atoms. The van der Waals surface area contributed by atoms with E-state index in [1.807, 2.05) is 0 Å². The fourth-order valence-corrected chi connectivity index (χ4v) is 0.900. The summed E-state index contributed by atoms with van der Waals surface area (Å²) in [6, 6.07) is 0. The summed E-state index contributed by atoms with van der Waals surface area (Å²) in [5.41, 5.74) is 1.25. The van der Waals surface area contributed by atoms with Crippen LogP contribution >= 0.6 is 0 Å². The van der Waals surface area contributed by atoms with Crippen molar-refractivity contribution in [3.8, 4) is 0 Å². The minimum absolute atomic E-state index is 0.155. The number of carbonyl (C=O) groups is 1. The Kier molecular flexibility index (Phi) is 2.36. The highest BCUT2D eigenvalue weighted by Gasteiger charge is 2.04. The zero-order valence-electron chi connectivity index (χ0n) is 6.25. The van der Waals surface area contributed by atoms with Gasteiger partial charge in [-0.15, -0.1) is 0 Å². The second-order valence-electron chi connectivity index (χ2n) is 2.24. The van der Waals surface area contributed by atoms with Crippen LogP contribution in [-0.2, 0) is 6.54 Å². The Morgan fingerprint density at radius 2 is 2.55 bits per heavy atom. The van der Waals surface area contributed by atoms with E-state index in [4.69, 9.17) is 0 Å². The number of hydrogen-bond acceptors (Lipinski definition) is 2. The first-order chi connectivity index (χ1) is 5.29. The molecule has 0 saturated heterocycles. The average Bonchev–Trinajstić information content (AvgIpc) is 2.33. The number of nitrogens with zero attached hydrogens (tertiary/aromatic N) is 2. The van der Waals surface area contributed by atoms with Crippen LogP contribution in [0.1, 0.15) is 16.1 Å². The van der Waals surface area contributed by atoms with E-state index in [1.165, 1.54) is 4.68 Å². The van der Waals surface area contributed by atoms with E-state index in [1.54, 1.807) is 13.1 Å². The molecule has 11 heavy (non-hydrogen) atoms. The average molecular weight is 156 g/mol. The van der Waals surface area contributed by atoms with Crippen molar-refractivity contribution in [1.29, 1.82) is 0 Å². The van der Waals surface area contributed by atoms with Gasteiger partial charge in [-0.05, 0) is 12.5 Å². The van der Waals surface area contributed by atoms with Gasteiger partial charge < -0.3 is 0 Å². The molecule has 0 radical (unpaired) electrons. The third-order valence-electron chi connectivity index (χ3n) is 1.48. The molecule has 0 unspecified atom stereocenters. The standard InChI is InChI=1S/C7H9FN2O/c1-6-4-9-10(3-2-8)7(6)5-11/h4-5H,2-3H2,1H3. The third-order valence-corrected chi connectivity index (χ3v) is 1.48. The maximum atomic E-state index is 11.8. The van der Waals surface area contributed by atoms with E-state index in [0.29, 0.717) is 12.0 Å². The molecule has 0 atom stereocenters. The minimum atomic E-state index is -0.498. The molecule has 0 aliphatic heterocycles. The van der Waals surface area contributed by atoms with Crippen molar-refractivity contribution in [2.45, 2.75) is 13.5 Å². The molecule has 60 valence electrons. The predicted octanol–water partition coefficient (Wildman–Crippen LogP) is 0.974. The molecular weight excluding hydrogens is 147 g/mol. The monoisotopic (exact) mass is 156 g/mol. The maximum absolute atomic E-state index is 11.8. The van der Waals surface area contributed by atoms with Crippen LogP contribution in [-0.4, -0.2) is 22.7 Å². The zero-order chi connectivity index (χ0) is 8.27. The molecule has 0 saturated carbocycles. The summed E-state index contributed by atoms with van der Waals surface area (Å²) >= 11 is 0. The maximum Gasteiger partial charge on any atom is 0.168 e. The van der Waals surface area contributed by atoms with Crippen molar-refractivity contribution >= 4 is 6.29 Å². The van der Waals surface area contributed by atoms with Crippen molar-refractivity contribution < 1.29 is 9.18 Å². The summed E-state index contributed by atoms with van der Waals surface area (Å²) < 4.78 is 13.2. The largest absolute Gasteiger partial charge is 0.296 e. The van der Waals surface area contributed by atoms with Crippen molar-refractivity contribution in [2.75, 3.05) is 6.67 Å². The van der Waals surface area contributed by atoms with Crippen LogP contribution in [0.3, 0.4) is 0 Å². The molecule has 1 aromatic heterocycles. The normalized spacial score (nSPS) is 10.0. The van der Waals surface area contributed by atoms with Crippen molar-refractivity contribution in [2.24, 2.45) is 0 Å². The van der Waals surface area contributed by atoms with Crippen molar-refractivity contribution in [1.82, 2.24) is 9.78 Å². The lowest BCUT2D eigenvalue weighted by atomic mass is 10.3. The van der Waals surface area contributed by atoms with Crippen LogP contribution in [0.2, 0.25) is 0 Å². The van der Waals surface area contributed by atoms with Crippen LogP contribution in [0.25, 0.3) is 0 Å². The zero-order valence-corrected chi connectivity index (χ0v) is 6.25. The smallest absolute Gasteiger partial charge is 0.168 e. The Bertz CT molecular complexity index is 257. The fraction of sp³-hybridized carbons (Fsp3) is 0.429. The molecule has 0 fully saturated rings. The minimum Gasteiger partial charge on any atom is -0.296 e. The lowest BCUT2D eigenvalue weighted by molar-refractivity contribution is 0.111. The summed E-state index contributed by atoms with van der Waals surface area (Å²) in [4.78, 5) is 10.4. The number of hydrogen-bond donors (Lipinski definition) is 0. The number of aromatic nitrogens is 2. The van der Waals surface area contributed by atoms with Gasteiger partial charge in [0, 0.05) is 0 Å². The van der Waals surface area contributed by atoms with Gasteiger partial charge in [-0.3, -0.25) is 9.48 Å². The highest BCUT2D eigenvalue weighted by Crippen LogP contribution is 2.03. The Hall–Kier alpha value is -1.19. The fourth-order valence-electron chi connectivity index (χ4n) is 0.900. The third kappa shape index (κ3) is 1.45. The highest BCUT2D eigenvalue weighted by atomic mass is 19.1. The highest BCUT2D eigenvalue weighted by molar-refractivity contribution is 5.74. The molecule has 1 heterocycles. The summed E-state index contributed by atoms with van der Waals surface area (Å²) in [6.45, 7) is 1.43. The van der Waals surface area contributed by atoms with E-state index in [9.17, 15) is 9.18 Å². The van der Waals surface area contributed by atoms with E-state index >= 15 is 0 Å². The van der Waals surface area contributed by atoms with Crippen LogP contribution in [0.4, 0.5) is 4.39 Å². The lowest BCUT2D eigenvalue weighted by Gasteiger charge is -1.97. The Balaban J connectivity index is 2.95. The second-order valence-corrected chi connectivity index (χ2v) is 2.24. The van der Waals surface area contributed by atoms with Gasteiger partial charge in [-0.1, -0.05) is 0 Å². The second kappa shape index (κ2) is 3.27. The molecule has 0 N–H and O–H groups in total. The van der Waals surface area contributed by atoms with Gasteiger partial charge in [0.25, 0.3) is 0 Å². The molecule has 1 aromatic rings.